The average molecular weight is 389 g/mol. The predicted molar refractivity (Wildman–Crippen MR) is 110 cm³/mol. The lowest BCUT2D eigenvalue weighted by molar-refractivity contribution is -0.130. The van der Waals surface area contributed by atoms with E-state index in [2.05, 4.69) is 10.6 Å². The number of rotatable bonds is 9. The number of carbonyl (C=O) groups excluding carboxylic acids is 3. The average Bonchev–Trinajstić information content (AvgIpc) is 3.15. The molecule has 28 heavy (non-hydrogen) atoms. The molecule has 2 N–H and O–H groups in total. The van der Waals surface area contributed by atoms with E-state index in [1.807, 2.05) is 11.8 Å². The van der Waals surface area contributed by atoms with Gasteiger partial charge in [-0.2, -0.15) is 0 Å². The van der Waals surface area contributed by atoms with Crippen molar-refractivity contribution in [2.75, 3.05) is 39.0 Å². The van der Waals surface area contributed by atoms with E-state index in [-0.39, 0.29) is 36.9 Å². The Balaban J connectivity index is 2.00. The summed E-state index contributed by atoms with van der Waals surface area (Å²) >= 11 is 0. The third kappa shape index (κ3) is 6.64. The van der Waals surface area contributed by atoms with Crippen molar-refractivity contribution in [3.8, 4) is 0 Å². The molecule has 1 aromatic rings. The van der Waals surface area contributed by atoms with Crippen LogP contribution in [0.25, 0.3) is 0 Å². The second-order valence-electron chi connectivity index (χ2n) is 7.55. The zero-order valence-corrected chi connectivity index (χ0v) is 17.2. The van der Waals surface area contributed by atoms with Crippen LogP contribution in [0.2, 0.25) is 0 Å². The number of nitrogens with one attached hydrogen (secondary N) is 2. The molecule has 7 nitrogen and oxygen atoms in total. The molecule has 7 heteroatoms. The molecule has 1 saturated carbocycles. The van der Waals surface area contributed by atoms with Crippen LogP contribution in [-0.4, -0.2) is 67.3 Å². The maximum absolute atomic E-state index is 12.6. The van der Waals surface area contributed by atoms with E-state index < -0.39 is 0 Å². The van der Waals surface area contributed by atoms with Crippen molar-refractivity contribution >= 4 is 23.4 Å². The first-order chi connectivity index (χ1) is 13.4. The van der Waals surface area contributed by atoms with Crippen LogP contribution in [0.3, 0.4) is 0 Å². The minimum Gasteiger partial charge on any atom is -0.349 e. The molecule has 0 heterocycles. The van der Waals surface area contributed by atoms with Crippen molar-refractivity contribution in [2.24, 2.45) is 0 Å². The third-order valence-corrected chi connectivity index (χ3v) is 4.90. The summed E-state index contributed by atoms with van der Waals surface area (Å²) in [5.74, 6) is -0.435. The van der Waals surface area contributed by atoms with E-state index in [1.54, 1.807) is 38.4 Å². The molecule has 3 amide bonds. The number of nitrogens with zero attached hydrogens (tertiary/aromatic N) is 2. The molecule has 0 unspecified atom stereocenters. The summed E-state index contributed by atoms with van der Waals surface area (Å²) in [4.78, 5) is 40.5. The molecule has 0 radical (unpaired) electrons. The standard InChI is InChI=1S/C21H32N4O3/c1-4-13-25(15-20(27)24(2)3)14-19(26)23-18-12-8-7-11-17(18)21(28)22-16-9-5-6-10-16/h7-8,11-12,16H,4-6,9-10,13-15H2,1-3H3,(H,22,28)(H,23,26). The Bertz CT molecular complexity index is 684. The molecule has 1 aliphatic carbocycles. The highest BCUT2D eigenvalue weighted by atomic mass is 16.2. The second-order valence-corrected chi connectivity index (χ2v) is 7.55. The van der Waals surface area contributed by atoms with Gasteiger partial charge in [0, 0.05) is 20.1 Å². The van der Waals surface area contributed by atoms with Gasteiger partial charge >= 0.3 is 0 Å². The van der Waals surface area contributed by atoms with Gasteiger partial charge in [-0.3, -0.25) is 19.3 Å². The lowest BCUT2D eigenvalue weighted by Gasteiger charge is -2.22. The molecule has 0 atom stereocenters. The van der Waals surface area contributed by atoms with Gasteiger partial charge in [0.2, 0.25) is 11.8 Å². The summed E-state index contributed by atoms with van der Waals surface area (Å²) in [6.45, 7) is 2.95. The first kappa shape index (κ1) is 21.9. The molecule has 154 valence electrons. The van der Waals surface area contributed by atoms with Crippen molar-refractivity contribution in [2.45, 2.75) is 45.1 Å². The largest absolute Gasteiger partial charge is 0.349 e. The van der Waals surface area contributed by atoms with E-state index >= 15 is 0 Å². The van der Waals surface area contributed by atoms with Gasteiger partial charge < -0.3 is 15.5 Å². The van der Waals surface area contributed by atoms with E-state index in [4.69, 9.17) is 0 Å². The fourth-order valence-corrected chi connectivity index (χ4v) is 3.38. The fourth-order valence-electron chi connectivity index (χ4n) is 3.38. The fraction of sp³-hybridized carbons (Fsp3) is 0.571. The Morgan fingerprint density at radius 1 is 1.07 bits per heavy atom. The highest BCUT2D eigenvalue weighted by Crippen LogP contribution is 2.20. The third-order valence-electron chi connectivity index (χ3n) is 4.90. The molecule has 1 aromatic carbocycles. The van der Waals surface area contributed by atoms with Crippen molar-refractivity contribution in [1.29, 1.82) is 0 Å². The number of carbonyl (C=O) groups is 3. The molecule has 0 saturated heterocycles. The lowest BCUT2D eigenvalue weighted by atomic mass is 10.1. The lowest BCUT2D eigenvalue weighted by Crippen LogP contribution is -2.41. The summed E-state index contributed by atoms with van der Waals surface area (Å²) < 4.78 is 0. The second kappa shape index (κ2) is 10.8. The van der Waals surface area contributed by atoms with Crippen molar-refractivity contribution in [3.63, 3.8) is 0 Å². The molecule has 1 fully saturated rings. The molecule has 0 spiro atoms. The van der Waals surface area contributed by atoms with Crippen LogP contribution in [0.15, 0.2) is 24.3 Å². The van der Waals surface area contributed by atoms with Crippen LogP contribution < -0.4 is 10.6 Å². The van der Waals surface area contributed by atoms with Crippen molar-refractivity contribution < 1.29 is 14.4 Å². The Morgan fingerprint density at radius 3 is 2.39 bits per heavy atom. The van der Waals surface area contributed by atoms with Gasteiger partial charge in [-0.05, 0) is 37.9 Å². The van der Waals surface area contributed by atoms with E-state index in [1.165, 1.54) is 4.90 Å². The Hall–Kier alpha value is -2.41. The Kier molecular flexibility index (Phi) is 8.44. The van der Waals surface area contributed by atoms with Crippen LogP contribution in [0.4, 0.5) is 5.69 Å². The molecule has 1 aliphatic rings. The highest BCUT2D eigenvalue weighted by Gasteiger charge is 2.21. The molecular weight excluding hydrogens is 356 g/mol. The van der Waals surface area contributed by atoms with Crippen LogP contribution in [0.1, 0.15) is 49.4 Å². The van der Waals surface area contributed by atoms with Crippen LogP contribution in [-0.2, 0) is 9.59 Å². The van der Waals surface area contributed by atoms with Gasteiger partial charge in [0.05, 0.1) is 24.3 Å². The summed E-state index contributed by atoms with van der Waals surface area (Å²) in [5.41, 5.74) is 0.965. The highest BCUT2D eigenvalue weighted by molar-refractivity contribution is 6.04. The summed E-state index contributed by atoms with van der Waals surface area (Å²) in [7, 11) is 3.40. The van der Waals surface area contributed by atoms with Gasteiger partial charge in [0.15, 0.2) is 0 Å². The van der Waals surface area contributed by atoms with E-state index in [9.17, 15) is 14.4 Å². The monoisotopic (exact) mass is 388 g/mol. The van der Waals surface area contributed by atoms with Gasteiger partial charge in [-0.25, -0.2) is 0 Å². The smallest absolute Gasteiger partial charge is 0.253 e. The van der Waals surface area contributed by atoms with Gasteiger partial charge in [-0.15, -0.1) is 0 Å². The number of para-hydroxylation sites is 1. The SMILES string of the molecule is CCCN(CC(=O)Nc1ccccc1C(=O)NC1CCCC1)CC(=O)N(C)C. The topological polar surface area (TPSA) is 81.8 Å². The van der Waals surface area contributed by atoms with Gasteiger partial charge in [0.25, 0.3) is 5.91 Å². The zero-order valence-electron chi connectivity index (χ0n) is 17.2. The molecule has 2 rings (SSSR count). The maximum atomic E-state index is 12.6. The molecule has 0 aliphatic heterocycles. The quantitative estimate of drug-likeness (QED) is 0.679. The summed E-state index contributed by atoms with van der Waals surface area (Å²) in [6, 6.07) is 7.25. The normalized spacial score (nSPS) is 14.1. The number of likely N-dealkylation sites (N-methyl/N-ethyl adjacent to an activating group) is 1. The minimum absolute atomic E-state index is 0.0439. The molecular formula is C21H32N4O3. The van der Waals surface area contributed by atoms with E-state index in [0.717, 1.165) is 32.1 Å². The van der Waals surface area contributed by atoms with Gasteiger partial charge in [0.1, 0.15) is 0 Å². The Morgan fingerprint density at radius 2 is 1.75 bits per heavy atom. The number of amides is 3. The van der Waals surface area contributed by atoms with Crippen molar-refractivity contribution in [1.82, 2.24) is 15.1 Å². The van der Waals surface area contributed by atoms with Crippen molar-refractivity contribution in [3.05, 3.63) is 29.8 Å². The predicted octanol–water partition coefficient (Wildman–Crippen LogP) is 2.10. The molecule has 0 bridgehead atoms. The van der Waals surface area contributed by atoms with Crippen LogP contribution in [0, 0.1) is 0 Å². The number of hydrogen-bond donors (Lipinski definition) is 2. The van der Waals surface area contributed by atoms with E-state index in [0.29, 0.717) is 17.8 Å². The summed E-state index contributed by atoms with van der Waals surface area (Å²) in [5, 5.41) is 5.90. The minimum atomic E-state index is -0.235. The first-order valence-electron chi connectivity index (χ1n) is 10.0. The number of anilines is 1. The Labute approximate surface area is 167 Å². The first-order valence-corrected chi connectivity index (χ1v) is 10.0. The van der Waals surface area contributed by atoms with Crippen LogP contribution >= 0.6 is 0 Å². The zero-order chi connectivity index (χ0) is 20.5. The maximum Gasteiger partial charge on any atom is 0.253 e. The van der Waals surface area contributed by atoms with Gasteiger partial charge in [-0.1, -0.05) is 31.9 Å². The summed E-state index contributed by atoms with van der Waals surface area (Å²) in [6.07, 6.45) is 5.14. The number of benzene rings is 1. The molecule has 0 aromatic heterocycles. The van der Waals surface area contributed by atoms with Crippen LogP contribution in [0.5, 0.6) is 0 Å². The number of hydrogen-bond acceptors (Lipinski definition) is 4.